The third kappa shape index (κ3) is 4.62. The van der Waals surface area contributed by atoms with Gasteiger partial charge in [0.2, 0.25) is 0 Å². The van der Waals surface area contributed by atoms with Crippen molar-refractivity contribution in [1.29, 1.82) is 0 Å². The van der Waals surface area contributed by atoms with Crippen LogP contribution in [0.4, 0.5) is 0 Å². The largest absolute Gasteiger partial charge is 1.00 e. The molecular formula is C11H11LiO. The molecule has 0 saturated carbocycles. The Hall–Kier alpha value is -0.903. The van der Waals surface area contributed by atoms with E-state index in [2.05, 4.69) is 0 Å². The van der Waals surface area contributed by atoms with E-state index in [0.29, 0.717) is 0 Å². The summed E-state index contributed by atoms with van der Waals surface area (Å²) in [5.74, 6) is 0.0406. The zero-order valence-corrected chi connectivity index (χ0v) is 8.03. The molecule has 0 N–H and O–H groups in total. The van der Waals surface area contributed by atoms with Crippen LogP contribution in [0.3, 0.4) is 0 Å². The molecule has 1 aromatic carbocycles. The van der Waals surface area contributed by atoms with Gasteiger partial charge in [0.1, 0.15) is 0 Å². The summed E-state index contributed by atoms with van der Waals surface area (Å²) in [5, 5.41) is 10.8. The van der Waals surface area contributed by atoms with Crippen LogP contribution in [-0.4, -0.2) is 0 Å². The van der Waals surface area contributed by atoms with Crippen molar-refractivity contribution in [3.05, 3.63) is 53.8 Å². The van der Waals surface area contributed by atoms with E-state index in [1.165, 1.54) is 0 Å². The fourth-order valence-electron chi connectivity index (χ4n) is 0.839. The van der Waals surface area contributed by atoms with Crippen LogP contribution in [0.1, 0.15) is 12.5 Å². The summed E-state index contributed by atoms with van der Waals surface area (Å²) in [4.78, 5) is 0. The number of allylic oxidation sites excluding steroid dienone is 2. The molecule has 0 unspecified atom stereocenters. The van der Waals surface area contributed by atoms with E-state index in [9.17, 15) is 5.11 Å². The molecule has 0 spiro atoms. The Labute approximate surface area is 91.0 Å². The molecule has 1 rings (SSSR count). The SMILES string of the molecule is C/C=C([O-])/C=C/c1ccccc1.[Li+]. The Bertz CT molecular complexity index is 288. The second-order valence-corrected chi connectivity index (χ2v) is 2.44. The molecule has 0 aliphatic rings. The maximum Gasteiger partial charge on any atom is 1.00 e. The van der Waals surface area contributed by atoms with Gasteiger partial charge in [0.05, 0.1) is 0 Å². The van der Waals surface area contributed by atoms with E-state index in [1.54, 1.807) is 19.1 Å². The van der Waals surface area contributed by atoms with Crippen molar-refractivity contribution < 1.29 is 24.0 Å². The molecule has 0 bridgehead atoms. The Morgan fingerprint density at radius 2 is 1.85 bits per heavy atom. The van der Waals surface area contributed by atoms with E-state index in [1.807, 2.05) is 36.4 Å². The van der Waals surface area contributed by atoms with Gasteiger partial charge in [-0.1, -0.05) is 48.6 Å². The summed E-state index contributed by atoms with van der Waals surface area (Å²) < 4.78 is 0. The van der Waals surface area contributed by atoms with Crippen LogP contribution < -0.4 is 24.0 Å². The molecule has 0 atom stereocenters. The smallest absolute Gasteiger partial charge is 0.873 e. The molecule has 62 valence electrons. The van der Waals surface area contributed by atoms with Gasteiger partial charge in [0.25, 0.3) is 0 Å². The zero-order valence-electron chi connectivity index (χ0n) is 8.03. The molecule has 1 nitrogen and oxygen atoms in total. The Kier molecular flexibility index (Phi) is 6.14. The first-order chi connectivity index (χ1) is 5.83. The standard InChI is InChI=1S/C11H12O.Li/c1-2-11(12)9-8-10-6-4-3-5-7-10;/h2-9,12H,1H3;/q;+1/p-1/b9-8+,11-2-;. The fourth-order valence-corrected chi connectivity index (χ4v) is 0.839. The first-order valence-corrected chi connectivity index (χ1v) is 3.89. The molecule has 1 aromatic rings. The van der Waals surface area contributed by atoms with E-state index in [-0.39, 0.29) is 24.6 Å². The van der Waals surface area contributed by atoms with Crippen molar-refractivity contribution in [3.63, 3.8) is 0 Å². The maximum absolute atomic E-state index is 10.8. The normalized spacial score (nSPS) is 11.3. The minimum atomic E-state index is 0. The first-order valence-electron chi connectivity index (χ1n) is 3.89. The number of benzene rings is 1. The Morgan fingerprint density at radius 1 is 1.23 bits per heavy atom. The predicted octanol–water partition coefficient (Wildman–Crippen LogP) is -1.03. The predicted molar refractivity (Wildman–Crippen MR) is 49.2 cm³/mol. The average Bonchev–Trinajstić information content (AvgIpc) is 2.16. The van der Waals surface area contributed by atoms with E-state index < -0.39 is 0 Å². The van der Waals surface area contributed by atoms with E-state index >= 15 is 0 Å². The summed E-state index contributed by atoms with van der Waals surface area (Å²) in [7, 11) is 0. The van der Waals surface area contributed by atoms with Crippen LogP contribution in [0.5, 0.6) is 0 Å². The molecule has 2 heteroatoms. The fraction of sp³-hybridized carbons (Fsp3) is 0.0909. The van der Waals surface area contributed by atoms with Crippen LogP contribution in [0, 0.1) is 0 Å². The average molecular weight is 166 g/mol. The minimum absolute atomic E-state index is 0. The molecule has 0 saturated heterocycles. The van der Waals surface area contributed by atoms with E-state index in [4.69, 9.17) is 0 Å². The van der Waals surface area contributed by atoms with Crippen LogP contribution >= 0.6 is 0 Å². The van der Waals surface area contributed by atoms with Crippen LogP contribution in [0.2, 0.25) is 0 Å². The molecule has 0 heterocycles. The Morgan fingerprint density at radius 3 is 2.38 bits per heavy atom. The molecule has 0 amide bonds. The quantitative estimate of drug-likeness (QED) is 0.313. The van der Waals surface area contributed by atoms with Gasteiger partial charge in [-0.15, -0.1) is 5.76 Å². The van der Waals surface area contributed by atoms with Gasteiger partial charge in [-0.05, 0) is 12.5 Å². The summed E-state index contributed by atoms with van der Waals surface area (Å²) in [5.41, 5.74) is 1.05. The van der Waals surface area contributed by atoms with Crippen LogP contribution in [-0.2, 0) is 0 Å². The van der Waals surface area contributed by atoms with Crippen molar-refractivity contribution in [3.8, 4) is 0 Å². The van der Waals surface area contributed by atoms with Crippen molar-refractivity contribution in [2.24, 2.45) is 0 Å². The molecule has 13 heavy (non-hydrogen) atoms. The van der Waals surface area contributed by atoms with Crippen molar-refractivity contribution in [2.45, 2.75) is 6.92 Å². The van der Waals surface area contributed by atoms with Gasteiger partial charge in [0.15, 0.2) is 0 Å². The monoisotopic (exact) mass is 166 g/mol. The molecule has 0 aromatic heterocycles. The summed E-state index contributed by atoms with van der Waals surface area (Å²) >= 11 is 0. The molecule has 0 radical (unpaired) electrons. The number of hydrogen-bond acceptors (Lipinski definition) is 1. The first kappa shape index (κ1) is 12.1. The second kappa shape index (κ2) is 6.60. The van der Waals surface area contributed by atoms with Crippen LogP contribution in [0.25, 0.3) is 6.08 Å². The van der Waals surface area contributed by atoms with Gasteiger partial charge in [-0.3, -0.25) is 0 Å². The maximum atomic E-state index is 10.8. The number of rotatable bonds is 2. The van der Waals surface area contributed by atoms with Crippen LogP contribution in [0.15, 0.2) is 48.2 Å². The van der Waals surface area contributed by atoms with Gasteiger partial charge in [-0.25, -0.2) is 0 Å². The summed E-state index contributed by atoms with van der Waals surface area (Å²) in [6.45, 7) is 1.73. The third-order valence-electron chi connectivity index (χ3n) is 1.52. The summed E-state index contributed by atoms with van der Waals surface area (Å²) in [6.07, 6.45) is 4.91. The van der Waals surface area contributed by atoms with Gasteiger partial charge < -0.3 is 5.11 Å². The van der Waals surface area contributed by atoms with Crippen molar-refractivity contribution in [2.75, 3.05) is 0 Å². The molecule has 0 fully saturated rings. The number of hydrogen-bond donors (Lipinski definition) is 0. The molecular weight excluding hydrogens is 155 g/mol. The topological polar surface area (TPSA) is 23.1 Å². The van der Waals surface area contributed by atoms with Gasteiger partial charge >= 0.3 is 18.9 Å². The second-order valence-electron chi connectivity index (χ2n) is 2.44. The van der Waals surface area contributed by atoms with Gasteiger partial charge in [0, 0.05) is 0 Å². The van der Waals surface area contributed by atoms with Crippen molar-refractivity contribution in [1.82, 2.24) is 0 Å². The molecule has 0 aliphatic heterocycles. The van der Waals surface area contributed by atoms with Gasteiger partial charge in [-0.2, -0.15) is 0 Å². The third-order valence-corrected chi connectivity index (χ3v) is 1.52. The summed E-state index contributed by atoms with van der Waals surface area (Å²) in [6, 6.07) is 9.75. The molecule has 0 aliphatic carbocycles. The van der Waals surface area contributed by atoms with E-state index in [0.717, 1.165) is 5.56 Å². The zero-order chi connectivity index (χ0) is 8.81. The van der Waals surface area contributed by atoms with Crippen molar-refractivity contribution >= 4 is 6.08 Å². The minimum Gasteiger partial charge on any atom is -0.873 e. The Balaban J connectivity index is 0.00000144.